The van der Waals surface area contributed by atoms with Crippen molar-refractivity contribution in [3.63, 3.8) is 0 Å². The van der Waals surface area contributed by atoms with Crippen LogP contribution < -0.4 is 10.6 Å². The number of aromatic nitrogens is 1. The third-order valence-corrected chi connectivity index (χ3v) is 3.76. The first-order valence-corrected chi connectivity index (χ1v) is 6.98. The average molecular weight is 261 g/mol. The van der Waals surface area contributed by atoms with E-state index in [1.807, 2.05) is 12.3 Å². The van der Waals surface area contributed by atoms with Gasteiger partial charge in [-0.1, -0.05) is 19.9 Å². The van der Waals surface area contributed by atoms with Crippen LogP contribution in [0.3, 0.4) is 0 Å². The van der Waals surface area contributed by atoms with Gasteiger partial charge in [0.2, 0.25) is 5.91 Å². The molecule has 0 spiro atoms. The molecule has 1 unspecified atom stereocenters. The van der Waals surface area contributed by atoms with Crippen LogP contribution in [0.2, 0.25) is 0 Å². The van der Waals surface area contributed by atoms with Crippen LogP contribution in [0.15, 0.2) is 24.5 Å². The van der Waals surface area contributed by atoms with Gasteiger partial charge in [0.1, 0.15) is 0 Å². The summed E-state index contributed by atoms with van der Waals surface area (Å²) in [7, 11) is 0. The van der Waals surface area contributed by atoms with Gasteiger partial charge in [-0.25, -0.2) is 0 Å². The van der Waals surface area contributed by atoms with Gasteiger partial charge in [0, 0.05) is 36.8 Å². The molecule has 0 saturated carbocycles. The highest BCUT2D eigenvalue weighted by Gasteiger charge is 2.23. The van der Waals surface area contributed by atoms with Crippen LogP contribution >= 0.6 is 0 Å². The van der Waals surface area contributed by atoms with E-state index in [1.165, 1.54) is 6.42 Å². The highest BCUT2D eigenvalue weighted by molar-refractivity contribution is 5.76. The minimum absolute atomic E-state index is 0.0903. The fourth-order valence-electron chi connectivity index (χ4n) is 2.41. The third-order valence-electron chi connectivity index (χ3n) is 3.76. The van der Waals surface area contributed by atoms with Crippen LogP contribution in [0.4, 0.5) is 0 Å². The minimum Gasteiger partial charge on any atom is -0.355 e. The lowest BCUT2D eigenvalue weighted by Gasteiger charge is -2.25. The lowest BCUT2D eigenvalue weighted by atomic mass is 9.85. The zero-order valence-electron chi connectivity index (χ0n) is 11.8. The van der Waals surface area contributed by atoms with Crippen LogP contribution in [0.5, 0.6) is 0 Å². The Morgan fingerprint density at radius 3 is 3.05 bits per heavy atom. The maximum Gasteiger partial charge on any atom is 0.221 e. The molecule has 4 nitrogen and oxygen atoms in total. The van der Waals surface area contributed by atoms with E-state index in [-0.39, 0.29) is 11.3 Å². The van der Waals surface area contributed by atoms with Crippen molar-refractivity contribution in [1.29, 1.82) is 0 Å². The second-order valence-corrected chi connectivity index (χ2v) is 5.90. The summed E-state index contributed by atoms with van der Waals surface area (Å²) in [6, 6.07) is 4.35. The summed E-state index contributed by atoms with van der Waals surface area (Å²) in [5.74, 6) is 0.136. The van der Waals surface area contributed by atoms with Gasteiger partial charge in [0.05, 0.1) is 0 Å². The van der Waals surface area contributed by atoms with E-state index in [1.54, 1.807) is 6.20 Å². The van der Waals surface area contributed by atoms with Crippen molar-refractivity contribution < 1.29 is 4.79 Å². The summed E-state index contributed by atoms with van der Waals surface area (Å²) in [5.41, 5.74) is 1.06. The first-order valence-electron chi connectivity index (χ1n) is 6.98. The summed E-state index contributed by atoms with van der Waals surface area (Å²) in [4.78, 5) is 16.0. The molecular formula is C15H23N3O. The molecule has 104 valence electrons. The monoisotopic (exact) mass is 261 g/mol. The number of nitrogens with zero attached hydrogens (tertiary/aromatic N) is 1. The van der Waals surface area contributed by atoms with E-state index in [9.17, 15) is 4.79 Å². The fraction of sp³-hybridized carbons (Fsp3) is 0.600. The Labute approximate surface area is 115 Å². The van der Waals surface area contributed by atoms with Gasteiger partial charge >= 0.3 is 0 Å². The van der Waals surface area contributed by atoms with Crippen molar-refractivity contribution >= 4 is 5.91 Å². The summed E-state index contributed by atoms with van der Waals surface area (Å²) < 4.78 is 0. The van der Waals surface area contributed by atoms with Gasteiger partial charge in [0.25, 0.3) is 0 Å². The number of rotatable bonds is 5. The molecule has 0 aromatic carbocycles. The first kappa shape index (κ1) is 14.0. The summed E-state index contributed by atoms with van der Waals surface area (Å²) >= 11 is 0. The molecular weight excluding hydrogens is 238 g/mol. The van der Waals surface area contributed by atoms with Crippen LogP contribution in [0.1, 0.15) is 38.7 Å². The molecule has 1 atom stereocenters. The second kappa shape index (κ2) is 6.15. The molecule has 2 heterocycles. The second-order valence-electron chi connectivity index (χ2n) is 5.90. The lowest BCUT2D eigenvalue weighted by Crippen LogP contribution is -2.39. The number of hydrogen-bond acceptors (Lipinski definition) is 3. The van der Waals surface area contributed by atoms with Gasteiger partial charge in [-0.15, -0.1) is 0 Å². The van der Waals surface area contributed by atoms with Crippen molar-refractivity contribution in [2.75, 3.05) is 13.1 Å². The molecule has 1 fully saturated rings. The van der Waals surface area contributed by atoms with Crippen LogP contribution in [0, 0.1) is 0 Å². The zero-order valence-corrected chi connectivity index (χ0v) is 11.8. The van der Waals surface area contributed by atoms with Crippen molar-refractivity contribution in [2.24, 2.45) is 0 Å². The molecule has 1 aromatic rings. The molecule has 1 aliphatic heterocycles. The molecule has 1 saturated heterocycles. The van der Waals surface area contributed by atoms with Crippen LogP contribution in [-0.2, 0) is 10.2 Å². The predicted molar refractivity (Wildman–Crippen MR) is 75.9 cm³/mol. The Bertz CT molecular complexity index is 411. The van der Waals surface area contributed by atoms with Crippen molar-refractivity contribution in [2.45, 2.75) is 44.6 Å². The molecule has 2 rings (SSSR count). The number of carbonyl (C=O) groups excluding carboxylic acids is 1. The van der Waals surface area contributed by atoms with E-state index in [4.69, 9.17) is 0 Å². The molecule has 1 amide bonds. The van der Waals surface area contributed by atoms with Crippen molar-refractivity contribution in [1.82, 2.24) is 15.6 Å². The van der Waals surface area contributed by atoms with Crippen LogP contribution in [0.25, 0.3) is 0 Å². The number of hydrogen-bond donors (Lipinski definition) is 2. The lowest BCUT2D eigenvalue weighted by molar-refractivity contribution is -0.121. The molecule has 0 radical (unpaired) electrons. The standard InChI is InChI=1S/C15H23N3O/c1-15(2,12-5-3-7-16-10-12)11-18-14(19)9-13-6-4-8-17-13/h3,5,7,10,13,17H,4,6,8-9,11H2,1-2H3,(H,18,19). The smallest absolute Gasteiger partial charge is 0.221 e. The molecule has 1 aromatic heterocycles. The Hall–Kier alpha value is -1.42. The van der Waals surface area contributed by atoms with E-state index >= 15 is 0 Å². The van der Waals surface area contributed by atoms with E-state index in [0.717, 1.165) is 18.5 Å². The SMILES string of the molecule is CC(C)(CNC(=O)CC1CCCN1)c1cccnc1. The Kier molecular flexibility index (Phi) is 4.53. The van der Waals surface area contributed by atoms with Gasteiger partial charge < -0.3 is 10.6 Å². The molecule has 19 heavy (non-hydrogen) atoms. The fourth-order valence-corrected chi connectivity index (χ4v) is 2.41. The molecule has 4 heteroatoms. The zero-order chi connectivity index (χ0) is 13.7. The number of carbonyl (C=O) groups is 1. The average Bonchev–Trinajstić information content (AvgIpc) is 2.90. The number of nitrogens with one attached hydrogen (secondary N) is 2. The van der Waals surface area contributed by atoms with Crippen LogP contribution in [-0.4, -0.2) is 30.0 Å². The first-order chi connectivity index (χ1) is 9.08. The highest BCUT2D eigenvalue weighted by Crippen LogP contribution is 2.21. The normalized spacial score (nSPS) is 19.4. The summed E-state index contributed by atoms with van der Waals surface area (Å²) in [6.07, 6.45) is 6.51. The van der Waals surface area contributed by atoms with Gasteiger partial charge in [-0.3, -0.25) is 9.78 Å². The molecule has 0 aliphatic carbocycles. The Morgan fingerprint density at radius 1 is 1.58 bits per heavy atom. The molecule has 1 aliphatic rings. The number of amides is 1. The van der Waals surface area contributed by atoms with Gasteiger partial charge in [-0.05, 0) is 31.0 Å². The quantitative estimate of drug-likeness (QED) is 0.847. The third kappa shape index (κ3) is 4.03. The maximum absolute atomic E-state index is 11.9. The van der Waals surface area contributed by atoms with Crippen molar-refractivity contribution in [3.8, 4) is 0 Å². The highest BCUT2D eigenvalue weighted by atomic mass is 16.1. The Morgan fingerprint density at radius 2 is 2.42 bits per heavy atom. The molecule has 2 N–H and O–H groups in total. The van der Waals surface area contributed by atoms with Gasteiger partial charge in [0.15, 0.2) is 0 Å². The largest absolute Gasteiger partial charge is 0.355 e. The van der Waals surface area contributed by atoms with E-state index in [2.05, 4.69) is 35.5 Å². The minimum atomic E-state index is -0.0903. The van der Waals surface area contributed by atoms with E-state index < -0.39 is 0 Å². The predicted octanol–water partition coefficient (Wildman–Crippen LogP) is 1.62. The molecule has 0 bridgehead atoms. The summed E-state index contributed by atoms with van der Waals surface area (Å²) in [5, 5.41) is 6.39. The Balaban J connectivity index is 1.82. The van der Waals surface area contributed by atoms with E-state index in [0.29, 0.717) is 19.0 Å². The topological polar surface area (TPSA) is 54.0 Å². The maximum atomic E-state index is 11.9. The number of pyridine rings is 1. The van der Waals surface area contributed by atoms with Gasteiger partial charge in [-0.2, -0.15) is 0 Å². The van der Waals surface area contributed by atoms with Crippen molar-refractivity contribution in [3.05, 3.63) is 30.1 Å². The summed E-state index contributed by atoms with van der Waals surface area (Å²) in [6.45, 7) is 5.93.